The molecule has 0 unspecified atom stereocenters. The number of hydrogen-bond acceptors (Lipinski definition) is 5. The fourth-order valence-corrected chi connectivity index (χ4v) is 1.15. The first kappa shape index (κ1) is 13.0. The van der Waals surface area contributed by atoms with Crippen LogP contribution in [0, 0.1) is 0 Å². The maximum absolute atomic E-state index is 11.1. The van der Waals surface area contributed by atoms with Crippen LogP contribution >= 0.6 is 0 Å². The number of esters is 2. The molecule has 5 heteroatoms. The summed E-state index contributed by atoms with van der Waals surface area (Å²) in [7, 11) is 1.31. The van der Waals surface area contributed by atoms with Crippen LogP contribution in [0.15, 0.2) is 24.3 Å². The van der Waals surface area contributed by atoms with Crippen molar-refractivity contribution in [2.75, 3.05) is 20.3 Å². The normalized spacial score (nSPS) is 9.53. The Bertz CT molecular complexity index is 382. The minimum atomic E-state index is -0.426. The molecular formula is C12H14O5. The fraction of sp³-hybridized carbons (Fsp3) is 0.333. The van der Waals surface area contributed by atoms with Gasteiger partial charge in [0.25, 0.3) is 0 Å². The molecule has 1 rings (SSSR count). The third kappa shape index (κ3) is 4.14. The first-order valence-corrected chi connectivity index (χ1v) is 5.14. The van der Waals surface area contributed by atoms with E-state index < -0.39 is 11.9 Å². The molecule has 0 saturated heterocycles. The van der Waals surface area contributed by atoms with Gasteiger partial charge >= 0.3 is 11.9 Å². The molecule has 0 aliphatic carbocycles. The SMILES string of the molecule is CCOC(=O)COc1ccc(C(=O)OC)cc1. The molecule has 0 radical (unpaired) electrons. The number of hydrogen-bond donors (Lipinski definition) is 0. The molecule has 0 aromatic heterocycles. The predicted octanol–water partition coefficient (Wildman–Crippen LogP) is 1.42. The highest BCUT2D eigenvalue weighted by molar-refractivity contribution is 5.89. The van der Waals surface area contributed by atoms with Crippen molar-refractivity contribution >= 4 is 11.9 Å². The summed E-state index contributed by atoms with van der Waals surface area (Å²) in [5.74, 6) is -0.350. The number of methoxy groups -OCH3 is 1. The minimum Gasteiger partial charge on any atom is -0.482 e. The fourth-order valence-electron chi connectivity index (χ4n) is 1.15. The molecule has 0 aliphatic rings. The van der Waals surface area contributed by atoms with Gasteiger partial charge in [0, 0.05) is 0 Å². The Hall–Kier alpha value is -2.04. The monoisotopic (exact) mass is 238 g/mol. The van der Waals surface area contributed by atoms with Crippen LogP contribution in [0.5, 0.6) is 5.75 Å². The van der Waals surface area contributed by atoms with E-state index in [4.69, 9.17) is 9.47 Å². The molecule has 0 bridgehead atoms. The van der Waals surface area contributed by atoms with E-state index in [1.54, 1.807) is 31.2 Å². The smallest absolute Gasteiger partial charge is 0.344 e. The average molecular weight is 238 g/mol. The topological polar surface area (TPSA) is 61.8 Å². The van der Waals surface area contributed by atoms with E-state index in [2.05, 4.69) is 4.74 Å². The molecule has 0 heterocycles. The van der Waals surface area contributed by atoms with Crippen molar-refractivity contribution in [3.8, 4) is 5.75 Å². The molecule has 0 atom stereocenters. The van der Waals surface area contributed by atoms with Gasteiger partial charge in [0.1, 0.15) is 5.75 Å². The highest BCUT2D eigenvalue weighted by Crippen LogP contribution is 2.12. The first-order valence-electron chi connectivity index (χ1n) is 5.14. The molecule has 5 nitrogen and oxygen atoms in total. The van der Waals surface area contributed by atoms with E-state index in [1.807, 2.05) is 0 Å². The van der Waals surface area contributed by atoms with E-state index in [0.29, 0.717) is 17.9 Å². The van der Waals surface area contributed by atoms with Crippen molar-refractivity contribution in [3.05, 3.63) is 29.8 Å². The summed E-state index contributed by atoms with van der Waals surface area (Å²) in [6.45, 7) is 1.90. The van der Waals surface area contributed by atoms with Gasteiger partial charge in [-0.15, -0.1) is 0 Å². The van der Waals surface area contributed by atoms with Gasteiger partial charge in [-0.2, -0.15) is 0 Å². The Morgan fingerprint density at radius 1 is 1.18 bits per heavy atom. The summed E-state index contributed by atoms with van der Waals surface area (Å²) in [4.78, 5) is 22.2. The van der Waals surface area contributed by atoms with Crippen molar-refractivity contribution in [2.45, 2.75) is 6.92 Å². The Kier molecular flexibility index (Phi) is 5.00. The van der Waals surface area contributed by atoms with Crippen LogP contribution in [-0.2, 0) is 14.3 Å². The zero-order chi connectivity index (χ0) is 12.7. The summed E-state index contributed by atoms with van der Waals surface area (Å²) >= 11 is 0. The summed E-state index contributed by atoms with van der Waals surface area (Å²) in [5.41, 5.74) is 0.427. The van der Waals surface area contributed by atoms with Crippen LogP contribution in [-0.4, -0.2) is 32.3 Å². The van der Waals surface area contributed by atoms with Gasteiger partial charge in [-0.25, -0.2) is 9.59 Å². The standard InChI is InChI=1S/C12H14O5/c1-3-16-11(13)8-17-10-6-4-9(5-7-10)12(14)15-2/h4-7H,3,8H2,1-2H3. The van der Waals surface area contributed by atoms with E-state index in [0.717, 1.165) is 0 Å². The highest BCUT2D eigenvalue weighted by Gasteiger charge is 2.06. The van der Waals surface area contributed by atoms with E-state index >= 15 is 0 Å². The third-order valence-corrected chi connectivity index (χ3v) is 1.94. The van der Waals surface area contributed by atoms with Crippen molar-refractivity contribution in [1.29, 1.82) is 0 Å². The van der Waals surface area contributed by atoms with E-state index in [9.17, 15) is 9.59 Å². The molecule has 1 aromatic carbocycles. The van der Waals surface area contributed by atoms with Gasteiger partial charge in [-0.3, -0.25) is 0 Å². The quantitative estimate of drug-likeness (QED) is 0.726. The lowest BCUT2D eigenvalue weighted by Crippen LogP contribution is -2.14. The molecule has 0 spiro atoms. The average Bonchev–Trinajstić information content (AvgIpc) is 2.36. The second-order valence-corrected chi connectivity index (χ2v) is 3.11. The number of ether oxygens (including phenoxy) is 3. The Morgan fingerprint density at radius 3 is 2.35 bits per heavy atom. The van der Waals surface area contributed by atoms with Crippen molar-refractivity contribution < 1.29 is 23.8 Å². The van der Waals surface area contributed by atoms with Gasteiger partial charge in [-0.1, -0.05) is 0 Å². The maximum Gasteiger partial charge on any atom is 0.344 e. The summed E-state index contributed by atoms with van der Waals surface area (Å²) < 4.78 is 14.4. The zero-order valence-corrected chi connectivity index (χ0v) is 9.76. The molecule has 0 amide bonds. The Labute approximate surface area is 99.3 Å². The Morgan fingerprint density at radius 2 is 1.82 bits per heavy atom. The first-order chi connectivity index (χ1) is 8.17. The largest absolute Gasteiger partial charge is 0.482 e. The molecule has 0 fully saturated rings. The molecule has 0 saturated carbocycles. The van der Waals surface area contributed by atoms with E-state index in [-0.39, 0.29) is 6.61 Å². The van der Waals surface area contributed by atoms with Crippen molar-refractivity contribution in [3.63, 3.8) is 0 Å². The lowest BCUT2D eigenvalue weighted by Gasteiger charge is -2.06. The van der Waals surface area contributed by atoms with Crippen LogP contribution in [0.1, 0.15) is 17.3 Å². The van der Waals surface area contributed by atoms with Gasteiger partial charge in [0.05, 0.1) is 19.3 Å². The lowest BCUT2D eigenvalue weighted by molar-refractivity contribution is -0.145. The second kappa shape index (κ2) is 6.52. The summed E-state index contributed by atoms with van der Waals surface area (Å²) in [5, 5.41) is 0. The molecule has 0 N–H and O–H groups in total. The maximum atomic E-state index is 11.1. The molecule has 92 valence electrons. The van der Waals surface area contributed by atoms with Gasteiger partial charge in [0.15, 0.2) is 6.61 Å². The van der Waals surface area contributed by atoms with Gasteiger partial charge < -0.3 is 14.2 Å². The third-order valence-electron chi connectivity index (χ3n) is 1.94. The lowest BCUT2D eigenvalue weighted by atomic mass is 10.2. The van der Waals surface area contributed by atoms with E-state index in [1.165, 1.54) is 7.11 Å². The molecule has 0 aliphatic heterocycles. The number of benzene rings is 1. The van der Waals surface area contributed by atoms with Gasteiger partial charge in [0.2, 0.25) is 0 Å². The van der Waals surface area contributed by atoms with Crippen molar-refractivity contribution in [1.82, 2.24) is 0 Å². The summed E-state index contributed by atoms with van der Waals surface area (Å²) in [6, 6.07) is 6.30. The number of rotatable bonds is 5. The minimum absolute atomic E-state index is 0.147. The highest BCUT2D eigenvalue weighted by atomic mass is 16.6. The predicted molar refractivity (Wildman–Crippen MR) is 59.9 cm³/mol. The molecule has 17 heavy (non-hydrogen) atoms. The Balaban J connectivity index is 2.51. The van der Waals surface area contributed by atoms with Crippen LogP contribution in [0.2, 0.25) is 0 Å². The number of carbonyl (C=O) groups is 2. The van der Waals surface area contributed by atoms with Crippen LogP contribution in [0.4, 0.5) is 0 Å². The van der Waals surface area contributed by atoms with Gasteiger partial charge in [-0.05, 0) is 31.2 Å². The van der Waals surface area contributed by atoms with Crippen LogP contribution < -0.4 is 4.74 Å². The zero-order valence-electron chi connectivity index (χ0n) is 9.76. The van der Waals surface area contributed by atoms with Crippen LogP contribution in [0.3, 0.4) is 0 Å². The molecule has 1 aromatic rings. The van der Waals surface area contributed by atoms with Crippen LogP contribution in [0.25, 0.3) is 0 Å². The summed E-state index contributed by atoms with van der Waals surface area (Å²) in [6.07, 6.45) is 0. The number of carbonyl (C=O) groups excluding carboxylic acids is 2. The van der Waals surface area contributed by atoms with Crippen molar-refractivity contribution in [2.24, 2.45) is 0 Å². The molecular weight excluding hydrogens is 224 g/mol. The second-order valence-electron chi connectivity index (χ2n) is 3.11.